The molecule has 1 atom stereocenters. The van der Waals surface area contributed by atoms with E-state index in [2.05, 4.69) is 20.9 Å². The van der Waals surface area contributed by atoms with Gasteiger partial charge in [-0.2, -0.15) is 0 Å². The van der Waals surface area contributed by atoms with Crippen molar-refractivity contribution in [2.24, 2.45) is 5.92 Å². The summed E-state index contributed by atoms with van der Waals surface area (Å²) in [5, 5.41) is 2.45. The van der Waals surface area contributed by atoms with Crippen LogP contribution in [0.1, 0.15) is 16.8 Å². The number of benzene rings is 2. The van der Waals surface area contributed by atoms with E-state index in [9.17, 15) is 14.4 Å². The normalized spacial score (nSPS) is 16.0. The summed E-state index contributed by atoms with van der Waals surface area (Å²) in [5.41, 5.74) is 2.22. The van der Waals surface area contributed by atoms with E-state index in [0.717, 1.165) is 15.7 Å². The molecule has 2 heterocycles. The monoisotopic (exact) mass is 484 g/mol. The lowest BCUT2D eigenvalue weighted by atomic mass is 10.1. The van der Waals surface area contributed by atoms with E-state index in [4.69, 9.17) is 4.74 Å². The van der Waals surface area contributed by atoms with Crippen LogP contribution < -0.4 is 4.90 Å². The van der Waals surface area contributed by atoms with Crippen molar-refractivity contribution in [2.45, 2.75) is 6.42 Å². The van der Waals surface area contributed by atoms with Gasteiger partial charge in [0.05, 0.1) is 11.6 Å². The van der Waals surface area contributed by atoms with Crippen molar-refractivity contribution in [3.05, 3.63) is 70.0 Å². The molecule has 1 amide bonds. The highest BCUT2D eigenvalue weighted by atomic mass is 79.9. The smallest absolute Gasteiger partial charge is 0.311 e. The zero-order chi connectivity index (χ0) is 21.1. The highest BCUT2D eigenvalue weighted by Gasteiger charge is 2.37. The molecule has 30 heavy (non-hydrogen) atoms. The average molecular weight is 485 g/mol. The fourth-order valence-corrected chi connectivity index (χ4v) is 4.28. The fourth-order valence-electron chi connectivity index (χ4n) is 3.15. The number of thiazole rings is 1. The van der Waals surface area contributed by atoms with Gasteiger partial charge in [0.2, 0.25) is 5.91 Å². The third-order valence-corrected chi connectivity index (χ3v) is 6.15. The number of esters is 1. The van der Waals surface area contributed by atoms with Crippen molar-refractivity contribution in [1.82, 2.24) is 4.98 Å². The second-order valence-electron chi connectivity index (χ2n) is 6.82. The van der Waals surface area contributed by atoms with Gasteiger partial charge in [-0.15, -0.1) is 11.3 Å². The summed E-state index contributed by atoms with van der Waals surface area (Å²) in [4.78, 5) is 43.1. The number of halogens is 1. The van der Waals surface area contributed by atoms with Gasteiger partial charge < -0.3 is 4.74 Å². The molecule has 1 aliphatic heterocycles. The number of amides is 1. The molecule has 1 aromatic heterocycles. The van der Waals surface area contributed by atoms with Gasteiger partial charge in [-0.25, -0.2) is 4.98 Å². The molecule has 0 radical (unpaired) electrons. The third kappa shape index (κ3) is 4.49. The van der Waals surface area contributed by atoms with Gasteiger partial charge in [0.1, 0.15) is 0 Å². The largest absolute Gasteiger partial charge is 0.457 e. The van der Waals surface area contributed by atoms with Crippen LogP contribution in [0.5, 0.6) is 0 Å². The first-order valence-corrected chi connectivity index (χ1v) is 11.0. The van der Waals surface area contributed by atoms with Crippen LogP contribution in [0.25, 0.3) is 11.3 Å². The second kappa shape index (κ2) is 8.89. The number of carbonyl (C=O) groups excluding carboxylic acids is 3. The molecule has 8 heteroatoms. The molecule has 0 saturated carbocycles. The molecule has 1 unspecified atom stereocenters. The zero-order valence-electron chi connectivity index (χ0n) is 15.8. The van der Waals surface area contributed by atoms with E-state index >= 15 is 0 Å². The number of hydrogen-bond acceptors (Lipinski definition) is 6. The lowest BCUT2D eigenvalue weighted by molar-refractivity contribution is -0.147. The maximum Gasteiger partial charge on any atom is 0.311 e. The van der Waals surface area contributed by atoms with E-state index in [0.29, 0.717) is 10.7 Å². The fraction of sp³-hybridized carbons (Fsp3) is 0.182. The quantitative estimate of drug-likeness (QED) is 0.383. The lowest BCUT2D eigenvalue weighted by Gasteiger charge is -2.12. The highest BCUT2D eigenvalue weighted by Crippen LogP contribution is 2.31. The molecular formula is C22H17BrN2O4S. The van der Waals surface area contributed by atoms with Gasteiger partial charge >= 0.3 is 5.97 Å². The number of rotatable bonds is 6. The van der Waals surface area contributed by atoms with Crippen molar-refractivity contribution < 1.29 is 19.1 Å². The molecule has 0 N–H and O–H groups in total. The number of anilines is 1. The predicted molar refractivity (Wildman–Crippen MR) is 117 cm³/mol. The lowest BCUT2D eigenvalue weighted by Crippen LogP contribution is -2.27. The Morgan fingerprint density at radius 1 is 1.13 bits per heavy atom. The number of ketones is 1. The van der Waals surface area contributed by atoms with E-state index in [-0.39, 0.29) is 31.3 Å². The summed E-state index contributed by atoms with van der Waals surface area (Å²) >= 11 is 4.67. The van der Waals surface area contributed by atoms with Gasteiger partial charge in [-0.05, 0) is 12.1 Å². The number of ether oxygens (including phenoxy) is 1. The number of carbonyl (C=O) groups is 3. The SMILES string of the molecule is O=C(COC(=O)C1CC(=O)N(c2nc(-c3ccccc3)cs2)C1)c1ccc(Br)cc1. The van der Waals surface area contributed by atoms with Crippen LogP contribution in [0.3, 0.4) is 0 Å². The van der Waals surface area contributed by atoms with Crippen LogP contribution in [0.4, 0.5) is 5.13 Å². The zero-order valence-corrected chi connectivity index (χ0v) is 18.2. The summed E-state index contributed by atoms with van der Waals surface area (Å²) in [6.07, 6.45) is 0.0472. The molecule has 0 aliphatic carbocycles. The molecule has 0 bridgehead atoms. The van der Waals surface area contributed by atoms with E-state index in [1.54, 1.807) is 24.3 Å². The first-order valence-electron chi connectivity index (χ1n) is 9.28. The summed E-state index contributed by atoms with van der Waals surface area (Å²) in [6.45, 7) is -0.146. The molecule has 152 valence electrons. The number of aromatic nitrogens is 1. The van der Waals surface area contributed by atoms with E-state index < -0.39 is 11.9 Å². The minimum Gasteiger partial charge on any atom is -0.457 e. The number of hydrogen-bond donors (Lipinski definition) is 0. The van der Waals surface area contributed by atoms with E-state index in [1.165, 1.54) is 16.2 Å². The minimum atomic E-state index is -0.612. The molecular weight excluding hydrogens is 468 g/mol. The standard InChI is InChI=1S/C22H17BrN2O4S/c23-17-8-6-15(7-9-17)19(26)12-29-21(28)16-10-20(27)25(11-16)22-24-18(13-30-22)14-4-2-1-3-5-14/h1-9,13,16H,10-12H2. The van der Waals surface area contributed by atoms with Crippen molar-refractivity contribution in [3.63, 3.8) is 0 Å². The van der Waals surface area contributed by atoms with Crippen LogP contribution in [0, 0.1) is 5.92 Å². The Kier molecular flexibility index (Phi) is 6.06. The molecule has 2 aromatic carbocycles. The molecule has 4 rings (SSSR count). The van der Waals surface area contributed by atoms with Crippen molar-refractivity contribution in [3.8, 4) is 11.3 Å². The second-order valence-corrected chi connectivity index (χ2v) is 8.58. The Labute approximate surface area is 185 Å². The van der Waals surface area contributed by atoms with Crippen molar-refractivity contribution in [1.29, 1.82) is 0 Å². The van der Waals surface area contributed by atoms with Crippen LogP contribution in [-0.2, 0) is 14.3 Å². The summed E-state index contributed by atoms with van der Waals surface area (Å²) in [6, 6.07) is 16.5. The molecule has 0 spiro atoms. The highest BCUT2D eigenvalue weighted by molar-refractivity contribution is 9.10. The van der Waals surface area contributed by atoms with Gasteiger partial charge in [0, 0.05) is 33.9 Å². The van der Waals surface area contributed by atoms with Crippen LogP contribution in [-0.4, -0.2) is 35.8 Å². The molecule has 6 nitrogen and oxygen atoms in total. The van der Waals surface area contributed by atoms with Gasteiger partial charge in [0.25, 0.3) is 0 Å². The minimum absolute atomic E-state index is 0.0472. The third-order valence-electron chi connectivity index (χ3n) is 4.76. The first kappa shape index (κ1) is 20.4. The molecule has 1 aliphatic rings. The van der Waals surface area contributed by atoms with Crippen molar-refractivity contribution in [2.75, 3.05) is 18.1 Å². The van der Waals surface area contributed by atoms with Gasteiger partial charge in [-0.1, -0.05) is 58.4 Å². The van der Waals surface area contributed by atoms with Crippen molar-refractivity contribution >= 4 is 50.1 Å². The Hall–Kier alpha value is -2.84. The maximum atomic E-state index is 12.4. The summed E-state index contributed by atoms with van der Waals surface area (Å²) in [5.74, 6) is -1.62. The summed E-state index contributed by atoms with van der Waals surface area (Å²) < 4.78 is 6.04. The number of Topliss-reactive ketones (excluding diaryl/α,β-unsaturated/α-hetero) is 1. The Bertz CT molecular complexity index is 1080. The summed E-state index contributed by atoms with van der Waals surface area (Å²) in [7, 11) is 0. The Morgan fingerprint density at radius 2 is 1.87 bits per heavy atom. The van der Waals surface area contributed by atoms with E-state index in [1.807, 2.05) is 35.7 Å². The predicted octanol–water partition coefficient (Wildman–Crippen LogP) is 4.35. The molecule has 1 saturated heterocycles. The topological polar surface area (TPSA) is 76.6 Å². The van der Waals surface area contributed by atoms with Crippen LogP contribution >= 0.6 is 27.3 Å². The van der Waals surface area contributed by atoms with Crippen LogP contribution in [0.15, 0.2) is 64.5 Å². The number of nitrogens with zero attached hydrogens (tertiary/aromatic N) is 2. The van der Waals surface area contributed by atoms with Gasteiger partial charge in [0.15, 0.2) is 17.5 Å². The Balaban J connectivity index is 1.36. The average Bonchev–Trinajstić information content (AvgIpc) is 3.40. The molecule has 3 aromatic rings. The van der Waals surface area contributed by atoms with Gasteiger partial charge in [-0.3, -0.25) is 19.3 Å². The molecule has 1 fully saturated rings. The Morgan fingerprint density at radius 3 is 2.60 bits per heavy atom. The first-order chi connectivity index (χ1) is 14.5. The maximum absolute atomic E-state index is 12.4. The van der Waals surface area contributed by atoms with Crippen LogP contribution in [0.2, 0.25) is 0 Å².